The van der Waals surface area contributed by atoms with Gasteiger partial charge in [0.15, 0.2) is 0 Å². The zero-order chi connectivity index (χ0) is 26.2. The van der Waals surface area contributed by atoms with Crippen LogP contribution < -0.4 is 5.22 Å². The maximum Gasteiger partial charge on any atom is 0.0322 e. The van der Waals surface area contributed by atoms with Crippen molar-refractivity contribution in [2.75, 3.05) is 5.75 Å². The summed E-state index contributed by atoms with van der Waals surface area (Å²) < 4.78 is 0. The summed E-state index contributed by atoms with van der Waals surface area (Å²) >= 11 is 2.05. The van der Waals surface area contributed by atoms with E-state index in [1.54, 1.807) is 16.5 Å². The van der Waals surface area contributed by atoms with Crippen LogP contribution in [0.5, 0.6) is 0 Å². The standard InChI is InChI=1S/C37H36S/c1-7-21-29-22-11-8-13-26(29)35(2,3)16-10-17-37(6)20-36(4,5)27-14-9-12-24-30-23-15-18-38-28(23)19-25(22)32(30)33(21)34(37)31(24)27/h8-9,11-14,19H,1,10,15-18,20H2,2-6H3. The van der Waals surface area contributed by atoms with Gasteiger partial charge in [-0.25, -0.2) is 0 Å². The minimum absolute atomic E-state index is 0.0929. The third kappa shape index (κ3) is 2.70. The normalized spacial score (nSPS) is 23.2. The van der Waals surface area contributed by atoms with Crippen molar-refractivity contribution in [3.8, 4) is 0 Å². The van der Waals surface area contributed by atoms with Crippen LogP contribution in [0, 0.1) is 0 Å². The fourth-order valence-electron chi connectivity index (χ4n) is 9.15. The SMILES string of the molecule is C=C=c1c2c3cccc2c2cc4c(c5c6cccc7c6c(c1c25)C(C)(CCCC3(C)C)CC7(C)C)CCS4. The van der Waals surface area contributed by atoms with Gasteiger partial charge in [0.2, 0.25) is 0 Å². The Hall–Kier alpha value is -2.73. The lowest BCUT2D eigenvalue weighted by molar-refractivity contribution is 0.285. The molecule has 190 valence electrons. The molecule has 1 aliphatic heterocycles. The summed E-state index contributed by atoms with van der Waals surface area (Å²) in [5, 5.41) is 12.9. The lowest BCUT2D eigenvalue weighted by Crippen LogP contribution is -2.38. The van der Waals surface area contributed by atoms with Crippen molar-refractivity contribution in [1.82, 2.24) is 0 Å². The molecule has 0 radical (unpaired) electrons. The van der Waals surface area contributed by atoms with Gasteiger partial charge in [0.05, 0.1) is 0 Å². The number of thioether (sulfide) groups is 1. The topological polar surface area (TPSA) is 0 Å². The molecule has 0 nitrogen and oxygen atoms in total. The van der Waals surface area contributed by atoms with Gasteiger partial charge in [-0.2, -0.15) is 0 Å². The Morgan fingerprint density at radius 1 is 0.763 bits per heavy atom. The highest BCUT2D eigenvalue weighted by molar-refractivity contribution is 7.99. The Bertz CT molecular complexity index is 1960. The first kappa shape index (κ1) is 23.2. The van der Waals surface area contributed by atoms with Crippen LogP contribution in [0.3, 0.4) is 0 Å². The molecule has 8 rings (SSSR count). The first-order chi connectivity index (χ1) is 18.2. The summed E-state index contributed by atoms with van der Waals surface area (Å²) in [7, 11) is 0. The Labute approximate surface area is 230 Å². The largest absolute Gasteiger partial charge is 0.125 e. The van der Waals surface area contributed by atoms with Crippen LogP contribution in [0.15, 0.2) is 53.9 Å². The van der Waals surface area contributed by atoms with Crippen molar-refractivity contribution in [2.45, 2.75) is 87.9 Å². The maximum absolute atomic E-state index is 4.39. The number of hydrogen-bond donors (Lipinski definition) is 0. The molecule has 0 aromatic heterocycles. The van der Waals surface area contributed by atoms with Gasteiger partial charge in [0.25, 0.3) is 0 Å². The predicted molar refractivity (Wildman–Crippen MR) is 167 cm³/mol. The molecule has 1 atom stereocenters. The van der Waals surface area contributed by atoms with Crippen LogP contribution in [-0.2, 0) is 22.7 Å². The molecule has 0 spiro atoms. The third-order valence-electron chi connectivity index (χ3n) is 10.5. The van der Waals surface area contributed by atoms with Crippen LogP contribution in [-0.4, -0.2) is 5.75 Å². The zero-order valence-corrected chi connectivity index (χ0v) is 24.2. The second-order valence-corrected chi connectivity index (χ2v) is 15.0. The van der Waals surface area contributed by atoms with Crippen LogP contribution >= 0.6 is 11.8 Å². The molecule has 5 aromatic carbocycles. The summed E-state index contributed by atoms with van der Waals surface area (Å²) in [6.07, 6.45) is 5.99. The Morgan fingerprint density at radius 3 is 2.26 bits per heavy atom. The van der Waals surface area contributed by atoms with Gasteiger partial charge >= 0.3 is 0 Å². The monoisotopic (exact) mass is 512 g/mol. The molecule has 2 bridgehead atoms. The van der Waals surface area contributed by atoms with Gasteiger partial charge in [-0.3, -0.25) is 0 Å². The molecule has 0 amide bonds. The summed E-state index contributed by atoms with van der Waals surface area (Å²) in [4.78, 5) is 1.49. The highest BCUT2D eigenvalue weighted by Crippen LogP contribution is 2.57. The molecule has 1 heteroatoms. The number of rotatable bonds is 0. The summed E-state index contributed by atoms with van der Waals surface area (Å²) in [6.45, 7) is 16.9. The van der Waals surface area contributed by atoms with Crippen molar-refractivity contribution in [3.63, 3.8) is 0 Å². The fraction of sp³-hybridized carbons (Fsp3) is 0.378. The number of hydrogen-bond acceptors (Lipinski definition) is 1. The van der Waals surface area contributed by atoms with Crippen LogP contribution in [0.2, 0.25) is 0 Å². The fourth-order valence-corrected chi connectivity index (χ4v) is 10.3. The molecule has 1 unspecified atom stereocenters. The zero-order valence-electron chi connectivity index (χ0n) is 23.4. The van der Waals surface area contributed by atoms with Crippen molar-refractivity contribution < 1.29 is 0 Å². The molecule has 5 aromatic rings. The minimum atomic E-state index is 0.0929. The van der Waals surface area contributed by atoms with Crippen LogP contribution in [0.1, 0.15) is 82.6 Å². The lowest BCUT2D eigenvalue weighted by atomic mass is 9.57. The lowest BCUT2D eigenvalue weighted by Gasteiger charge is -2.46. The van der Waals surface area contributed by atoms with Crippen molar-refractivity contribution in [2.24, 2.45) is 0 Å². The highest BCUT2D eigenvalue weighted by atomic mass is 32.2. The van der Waals surface area contributed by atoms with Crippen molar-refractivity contribution in [3.05, 3.63) is 76.5 Å². The first-order valence-corrected chi connectivity index (χ1v) is 15.4. The van der Waals surface area contributed by atoms with Gasteiger partial charge in [0, 0.05) is 26.6 Å². The molecule has 1 heterocycles. The summed E-state index contributed by atoms with van der Waals surface area (Å²) in [6, 6.07) is 16.8. The smallest absolute Gasteiger partial charge is 0.0322 e. The van der Waals surface area contributed by atoms with Gasteiger partial charge in [-0.15, -0.1) is 17.5 Å². The molecular weight excluding hydrogens is 476 g/mol. The molecule has 3 aliphatic rings. The number of fused-ring (bicyclic) bond motifs is 4. The maximum atomic E-state index is 4.39. The van der Waals surface area contributed by atoms with Crippen LogP contribution in [0.25, 0.3) is 48.8 Å². The Kier molecular flexibility index (Phi) is 4.43. The van der Waals surface area contributed by atoms with E-state index < -0.39 is 0 Å². The predicted octanol–water partition coefficient (Wildman–Crippen LogP) is 9.63. The first-order valence-electron chi connectivity index (χ1n) is 14.4. The Balaban J connectivity index is 1.83. The molecule has 2 aliphatic carbocycles. The highest BCUT2D eigenvalue weighted by Gasteiger charge is 2.44. The second kappa shape index (κ2) is 7.26. The van der Waals surface area contributed by atoms with E-state index >= 15 is 0 Å². The van der Waals surface area contributed by atoms with E-state index in [0.29, 0.717) is 0 Å². The molecule has 0 saturated carbocycles. The average molecular weight is 513 g/mol. The Morgan fingerprint density at radius 2 is 1.50 bits per heavy atom. The van der Waals surface area contributed by atoms with E-state index in [4.69, 9.17) is 0 Å². The van der Waals surface area contributed by atoms with Crippen molar-refractivity contribution >= 4 is 60.6 Å². The van der Waals surface area contributed by atoms with Gasteiger partial charge < -0.3 is 0 Å². The second-order valence-electron chi connectivity index (χ2n) is 13.9. The van der Waals surface area contributed by atoms with E-state index in [2.05, 4.69) is 101 Å². The van der Waals surface area contributed by atoms with E-state index in [9.17, 15) is 0 Å². The molecule has 38 heavy (non-hydrogen) atoms. The summed E-state index contributed by atoms with van der Waals surface area (Å²) in [5.41, 5.74) is 10.1. The van der Waals surface area contributed by atoms with Crippen molar-refractivity contribution in [1.29, 1.82) is 0 Å². The quantitative estimate of drug-likeness (QED) is 0.147. The molecule has 0 saturated heterocycles. The van der Waals surface area contributed by atoms with E-state index in [0.717, 1.165) is 6.42 Å². The molecule has 0 fully saturated rings. The third-order valence-corrected chi connectivity index (χ3v) is 11.6. The van der Waals surface area contributed by atoms with Gasteiger partial charge in [-0.05, 0) is 103 Å². The number of aryl methyl sites for hydroxylation is 1. The van der Waals surface area contributed by atoms with Gasteiger partial charge in [0.1, 0.15) is 0 Å². The van der Waals surface area contributed by atoms with Crippen LogP contribution in [0.4, 0.5) is 0 Å². The number of benzene rings is 5. The van der Waals surface area contributed by atoms with E-state index in [-0.39, 0.29) is 16.2 Å². The minimum Gasteiger partial charge on any atom is -0.125 e. The molecular formula is C37H36S. The summed E-state index contributed by atoms with van der Waals surface area (Å²) in [5.74, 6) is 1.18. The van der Waals surface area contributed by atoms with Gasteiger partial charge in [-0.1, -0.05) is 84.0 Å². The average Bonchev–Trinajstić information content (AvgIpc) is 3.35. The molecule has 0 N–H and O–H groups in total. The van der Waals surface area contributed by atoms with E-state index in [1.165, 1.54) is 90.4 Å². The van der Waals surface area contributed by atoms with E-state index in [1.807, 2.05) is 0 Å².